The number of ether oxygens (including phenoxy) is 1. The molecular weight excluding hydrogens is 254 g/mol. The fourth-order valence-electron chi connectivity index (χ4n) is 3.14. The number of carbonyl (C=O) groups excluding carboxylic acids is 1. The highest BCUT2D eigenvalue weighted by atomic mass is 16.5. The van der Waals surface area contributed by atoms with E-state index >= 15 is 0 Å². The van der Waals surface area contributed by atoms with Gasteiger partial charge in [0.25, 0.3) is 0 Å². The van der Waals surface area contributed by atoms with Crippen molar-refractivity contribution in [3.63, 3.8) is 0 Å². The molecule has 0 bridgehead atoms. The summed E-state index contributed by atoms with van der Waals surface area (Å²) in [6.45, 7) is 8.19. The Labute approximate surface area is 122 Å². The number of carbonyl (C=O) groups is 1. The van der Waals surface area contributed by atoms with Crippen molar-refractivity contribution in [1.82, 2.24) is 15.5 Å². The van der Waals surface area contributed by atoms with Gasteiger partial charge in [0.05, 0.1) is 12.1 Å². The molecule has 2 fully saturated rings. The standard InChI is InChI=1S/C15H29N3O2/c1-15(2,18-9-6-12(20-3)7-10-18)11-17-14(19)13-5-4-8-16-13/h12-13,16H,4-11H2,1-3H3,(H,17,19). The minimum absolute atomic E-state index is 0.00692. The molecule has 2 N–H and O–H groups in total. The summed E-state index contributed by atoms with van der Waals surface area (Å²) in [5, 5.41) is 6.36. The van der Waals surface area contributed by atoms with Crippen LogP contribution in [0.3, 0.4) is 0 Å². The Balaban J connectivity index is 1.77. The molecule has 1 unspecified atom stereocenters. The number of piperidine rings is 1. The van der Waals surface area contributed by atoms with Gasteiger partial charge in [-0.2, -0.15) is 0 Å². The molecule has 0 aliphatic carbocycles. The van der Waals surface area contributed by atoms with Gasteiger partial charge in [-0.1, -0.05) is 0 Å². The average Bonchev–Trinajstić information content (AvgIpc) is 2.99. The topological polar surface area (TPSA) is 53.6 Å². The van der Waals surface area contributed by atoms with E-state index in [1.807, 2.05) is 0 Å². The predicted molar refractivity (Wildman–Crippen MR) is 79.7 cm³/mol. The van der Waals surface area contributed by atoms with Crippen LogP contribution in [-0.4, -0.2) is 61.8 Å². The van der Waals surface area contributed by atoms with Crippen LogP contribution in [0, 0.1) is 0 Å². The van der Waals surface area contributed by atoms with Crippen molar-refractivity contribution in [1.29, 1.82) is 0 Å². The van der Waals surface area contributed by atoms with Crippen molar-refractivity contribution in [2.75, 3.05) is 33.3 Å². The van der Waals surface area contributed by atoms with Gasteiger partial charge in [0, 0.05) is 32.3 Å². The maximum absolute atomic E-state index is 12.1. The maximum atomic E-state index is 12.1. The van der Waals surface area contributed by atoms with Crippen LogP contribution in [0.5, 0.6) is 0 Å². The quantitative estimate of drug-likeness (QED) is 0.781. The maximum Gasteiger partial charge on any atom is 0.237 e. The first kappa shape index (κ1) is 15.7. The minimum Gasteiger partial charge on any atom is -0.381 e. The van der Waals surface area contributed by atoms with Crippen molar-refractivity contribution in [3.05, 3.63) is 0 Å². The van der Waals surface area contributed by atoms with Crippen LogP contribution in [0.2, 0.25) is 0 Å². The lowest BCUT2D eigenvalue weighted by atomic mass is 9.97. The molecule has 0 aromatic carbocycles. The largest absolute Gasteiger partial charge is 0.381 e. The van der Waals surface area contributed by atoms with Crippen molar-refractivity contribution in [2.24, 2.45) is 0 Å². The van der Waals surface area contributed by atoms with Crippen LogP contribution in [-0.2, 0) is 9.53 Å². The first-order valence-corrected chi connectivity index (χ1v) is 7.82. The van der Waals surface area contributed by atoms with E-state index in [1.165, 1.54) is 0 Å². The number of hydrogen-bond acceptors (Lipinski definition) is 4. The van der Waals surface area contributed by atoms with E-state index in [-0.39, 0.29) is 17.5 Å². The van der Waals surface area contributed by atoms with Gasteiger partial charge in [-0.25, -0.2) is 0 Å². The SMILES string of the molecule is COC1CCN(C(C)(C)CNC(=O)C2CCCN2)CC1. The Morgan fingerprint density at radius 3 is 2.60 bits per heavy atom. The summed E-state index contributed by atoms with van der Waals surface area (Å²) in [5.41, 5.74) is 0.00692. The lowest BCUT2D eigenvalue weighted by Gasteiger charge is -2.42. The number of rotatable bonds is 5. The van der Waals surface area contributed by atoms with Gasteiger partial charge in [0.15, 0.2) is 0 Å². The molecule has 2 aliphatic heterocycles. The van der Waals surface area contributed by atoms with E-state index in [4.69, 9.17) is 4.74 Å². The molecular formula is C15H29N3O2. The van der Waals surface area contributed by atoms with Gasteiger partial charge in [-0.3, -0.25) is 9.69 Å². The number of methoxy groups -OCH3 is 1. The van der Waals surface area contributed by atoms with Gasteiger partial charge in [-0.15, -0.1) is 0 Å². The van der Waals surface area contributed by atoms with Gasteiger partial charge >= 0.3 is 0 Å². The zero-order valence-corrected chi connectivity index (χ0v) is 13.1. The summed E-state index contributed by atoms with van der Waals surface area (Å²) in [5.74, 6) is 0.155. The van der Waals surface area contributed by atoms with Crippen LogP contribution in [0.4, 0.5) is 0 Å². The predicted octanol–water partition coefficient (Wildman–Crippen LogP) is 0.744. The minimum atomic E-state index is 0.00692. The van der Waals surface area contributed by atoms with Gasteiger partial charge in [0.2, 0.25) is 5.91 Å². The van der Waals surface area contributed by atoms with E-state index in [9.17, 15) is 4.79 Å². The number of hydrogen-bond donors (Lipinski definition) is 2. The van der Waals surface area contributed by atoms with Crippen molar-refractivity contribution < 1.29 is 9.53 Å². The monoisotopic (exact) mass is 283 g/mol. The molecule has 0 aromatic rings. The molecule has 0 spiro atoms. The second-order valence-corrected chi connectivity index (χ2v) is 6.60. The molecule has 2 saturated heterocycles. The lowest BCUT2D eigenvalue weighted by Crippen LogP contribution is -2.56. The molecule has 1 amide bonds. The molecule has 2 aliphatic rings. The Morgan fingerprint density at radius 1 is 1.35 bits per heavy atom. The fourth-order valence-corrected chi connectivity index (χ4v) is 3.14. The highest BCUT2D eigenvalue weighted by Crippen LogP contribution is 2.21. The van der Waals surface area contributed by atoms with Crippen molar-refractivity contribution in [3.8, 4) is 0 Å². The fraction of sp³-hybridized carbons (Fsp3) is 0.933. The van der Waals surface area contributed by atoms with Crippen LogP contribution in [0.25, 0.3) is 0 Å². The van der Waals surface area contributed by atoms with E-state index in [2.05, 4.69) is 29.4 Å². The lowest BCUT2D eigenvalue weighted by molar-refractivity contribution is -0.123. The molecule has 1 atom stereocenters. The number of likely N-dealkylation sites (tertiary alicyclic amines) is 1. The van der Waals surface area contributed by atoms with Gasteiger partial charge < -0.3 is 15.4 Å². The first-order chi connectivity index (χ1) is 9.53. The second-order valence-electron chi connectivity index (χ2n) is 6.60. The van der Waals surface area contributed by atoms with Crippen LogP contribution >= 0.6 is 0 Å². The summed E-state index contributed by atoms with van der Waals surface area (Å²) < 4.78 is 5.41. The molecule has 116 valence electrons. The number of nitrogens with zero attached hydrogens (tertiary/aromatic N) is 1. The van der Waals surface area contributed by atoms with Crippen molar-refractivity contribution >= 4 is 5.91 Å². The van der Waals surface area contributed by atoms with Crippen LogP contribution < -0.4 is 10.6 Å². The second kappa shape index (κ2) is 6.87. The third-order valence-electron chi connectivity index (χ3n) is 4.70. The van der Waals surface area contributed by atoms with E-state index in [0.717, 1.165) is 45.3 Å². The van der Waals surface area contributed by atoms with Crippen molar-refractivity contribution in [2.45, 2.75) is 57.2 Å². The van der Waals surface area contributed by atoms with Gasteiger partial charge in [0.1, 0.15) is 0 Å². The summed E-state index contributed by atoms with van der Waals surface area (Å²) in [7, 11) is 1.79. The molecule has 20 heavy (non-hydrogen) atoms. The zero-order valence-electron chi connectivity index (χ0n) is 13.1. The third kappa shape index (κ3) is 3.93. The number of amides is 1. The van der Waals surface area contributed by atoms with Crippen LogP contribution in [0.1, 0.15) is 39.5 Å². The van der Waals surface area contributed by atoms with E-state index in [0.29, 0.717) is 12.6 Å². The smallest absolute Gasteiger partial charge is 0.237 e. The Hall–Kier alpha value is -0.650. The highest BCUT2D eigenvalue weighted by Gasteiger charge is 2.32. The normalized spacial score (nSPS) is 25.9. The van der Waals surface area contributed by atoms with Crippen LogP contribution in [0.15, 0.2) is 0 Å². The molecule has 5 heteroatoms. The molecule has 0 aromatic heterocycles. The molecule has 2 heterocycles. The highest BCUT2D eigenvalue weighted by molar-refractivity contribution is 5.82. The van der Waals surface area contributed by atoms with E-state index in [1.54, 1.807) is 7.11 Å². The molecule has 2 rings (SSSR count). The summed E-state index contributed by atoms with van der Waals surface area (Å²) >= 11 is 0. The first-order valence-electron chi connectivity index (χ1n) is 7.82. The Kier molecular flexibility index (Phi) is 5.41. The molecule has 0 saturated carbocycles. The molecule has 5 nitrogen and oxygen atoms in total. The third-order valence-corrected chi connectivity index (χ3v) is 4.70. The zero-order chi connectivity index (χ0) is 14.6. The average molecular weight is 283 g/mol. The Bertz CT molecular complexity index is 319. The Morgan fingerprint density at radius 2 is 2.05 bits per heavy atom. The molecule has 0 radical (unpaired) electrons. The summed E-state index contributed by atoms with van der Waals surface area (Å²) in [6, 6.07) is 0.0185. The van der Waals surface area contributed by atoms with E-state index < -0.39 is 0 Å². The summed E-state index contributed by atoms with van der Waals surface area (Å²) in [6.07, 6.45) is 4.63. The summed E-state index contributed by atoms with van der Waals surface area (Å²) in [4.78, 5) is 14.5. The van der Waals surface area contributed by atoms with Gasteiger partial charge in [-0.05, 0) is 46.1 Å². The number of nitrogens with one attached hydrogen (secondary N) is 2.